The minimum absolute atomic E-state index is 0.167. The molecule has 0 amide bonds. The van der Waals surface area contributed by atoms with E-state index in [0.717, 1.165) is 31.0 Å². The van der Waals surface area contributed by atoms with E-state index < -0.39 is 9.84 Å². The first-order chi connectivity index (χ1) is 6.95. The highest BCUT2D eigenvalue weighted by Crippen LogP contribution is 2.33. The summed E-state index contributed by atoms with van der Waals surface area (Å²) >= 11 is 3.51. The maximum atomic E-state index is 11.6. The standard InChI is InChI=1S/C11H23BrO2S/c1-4-8-15(13,14)9-7-11(5-2,6-3)10-12/h4-10H2,1-3H3. The number of hydrogen-bond donors (Lipinski definition) is 0. The fourth-order valence-electron chi connectivity index (χ4n) is 1.64. The first-order valence-corrected chi connectivity index (χ1v) is 8.66. The van der Waals surface area contributed by atoms with Crippen molar-refractivity contribution in [2.45, 2.75) is 46.5 Å². The summed E-state index contributed by atoms with van der Waals surface area (Å²) in [6, 6.07) is 0. The third-order valence-corrected chi connectivity index (χ3v) is 6.29. The summed E-state index contributed by atoms with van der Waals surface area (Å²) in [4.78, 5) is 0. The van der Waals surface area contributed by atoms with E-state index in [2.05, 4.69) is 29.8 Å². The summed E-state index contributed by atoms with van der Waals surface area (Å²) in [5, 5.41) is 0.897. The molecule has 0 atom stereocenters. The molecule has 2 nitrogen and oxygen atoms in total. The van der Waals surface area contributed by atoms with E-state index in [4.69, 9.17) is 0 Å². The lowest BCUT2D eigenvalue weighted by molar-refractivity contribution is 0.298. The molecule has 0 fully saturated rings. The summed E-state index contributed by atoms with van der Waals surface area (Å²) in [6.45, 7) is 6.18. The molecule has 4 heteroatoms. The number of alkyl halides is 1. The SMILES string of the molecule is CCCS(=O)(=O)CCC(CC)(CC)CBr. The van der Waals surface area contributed by atoms with Gasteiger partial charge in [0.25, 0.3) is 0 Å². The highest BCUT2D eigenvalue weighted by molar-refractivity contribution is 9.09. The van der Waals surface area contributed by atoms with Crippen LogP contribution in [0.5, 0.6) is 0 Å². The molecule has 0 N–H and O–H groups in total. The maximum Gasteiger partial charge on any atom is 0.150 e. The Morgan fingerprint density at radius 3 is 1.93 bits per heavy atom. The van der Waals surface area contributed by atoms with E-state index in [1.807, 2.05) is 6.92 Å². The summed E-state index contributed by atoms with van der Waals surface area (Å²) < 4.78 is 23.2. The Bertz CT molecular complexity index is 247. The van der Waals surface area contributed by atoms with E-state index in [1.165, 1.54) is 0 Å². The fourth-order valence-corrected chi connectivity index (χ4v) is 4.29. The van der Waals surface area contributed by atoms with Crippen LogP contribution in [0.1, 0.15) is 46.5 Å². The van der Waals surface area contributed by atoms with Crippen molar-refractivity contribution >= 4 is 25.8 Å². The lowest BCUT2D eigenvalue weighted by Crippen LogP contribution is -2.25. The molecule has 0 aliphatic carbocycles. The Morgan fingerprint density at radius 2 is 1.60 bits per heavy atom. The van der Waals surface area contributed by atoms with E-state index in [-0.39, 0.29) is 5.41 Å². The zero-order valence-electron chi connectivity index (χ0n) is 10.1. The lowest BCUT2D eigenvalue weighted by atomic mass is 9.82. The number of halogens is 1. The van der Waals surface area contributed by atoms with Crippen LogP contribution >= 0.6 is 15.9 Å². The summed E-state index contributed by atoms with van der Waals surface area (Å²) in [5.41, 5.74) is 0.167. The van der Waals surface area contributed by atoms with E-state index in [9.17, 15) is 8.42 Å². The largest absolute Gasteiger partial charge is 0.229 e. The molecule has 0 bridgehead atoms. The minimum atomic E-state index is -2.82. The average molecular weight is 299 g/mol. The van der Waals surface area contributed by atoms with Crippen molar-refractivity contribution in [3.8, 4) is 0 Å². The van der Waals surface area contributed by atoms with Crippen molar-refractivity contribution in [3.05, 3.63) is 0 Å². The first kappa shape index (κ1) is 15.4. The Balaban J connectivity index is 4.34. The van der Waals surface area contributed by atoms with Crippen molar-refractivity contribution in [1.82, 2.24) is 0 Å². The molecule has 0 unspecified atom stereocenters. The van der Waals surface area contributed by atoms with Crippen LogP contribution in [0.2, 0.25) is 0 Å². The minimum Gasteiger partial charge on any atom is -0.229 e. The molecule has 15 heavy (non-hydrogen) atoms. The Labute approximate surface area is 103 Å². The molecule has 0 heterocycles. The van der Waals surface area contributed by atoms with Crippen molar-refractivity contribution in [3.63, 3.8) is 0 Å². The van der Waals surface area contributed by atoms with Crippen molar-refractivity contribution in [2.75, 3.05) is 16.8 Å². The van der Waals surface area contributed by atoms with Crippen molar-refractivity contribution in [2.24, 2.45) is 5.41 Å². The number of rotatable bonds is 8. The van der Waals surface area contributed by atoms with Gasteiger partial charge in [-0.15, -0.1) is 0 Å². The zero-order chi connectivity index (χ0) is 11.9. The van der Waals surface area contributed by atoms with Gasteiger partial charge in [0.2, 0.25) is 0 Å². The molecule has 0 aromatic rings. The van der Waals surface area contributed by atoms with Gasteiger partial charge < -0.3 is 0 Å². The Hall–Kier alpha value is 0.430. The summed E-state index contributed by atoms with van der Waals surface area (Å²) in [6.07, 6.45) is 3.59. The summed E-state index contributed by atoms with van der Waals surface area (Å²) in [5.74, 6) is 0.674. The molecule has 0 aromatic carbocycles. The van der Waals surface area contributed by atoms with Gasteiger partial charge in [-0.1, -0.05) is 36.7 Å². The van der Waals surface area contributed by atoms with E-state index in [1.54, 1.807) is 0 Å². The highest BCUT2D eigenvalue weighted by atomic mass is 79.9. The van der Waals surface area contributed by atoms with Crippen LogP contribution in [-0.4, -0.2) is 25.3 Å². The zero-order valence-corrected chi connectivity index (χ0v) is 12.5. The van der Waals surface area contributed by atoms with Crippen molar-refractivity contribution in [1.29, 1.82) is 0 Å². The second-order valence-corrected chi connectivity index (χ2v) is 7.11. The molecular weight excluding hydrogens is 276 g/mol. The number of hydrogen-bond acceptors (Lipinski definition) is 2. The van der Waals surface area contributed by atoms with Crippen LogP contribution < -0.4 is 0 Å². The quantitative estimate of drug-likeness (QED) is 0.644. The number of sulfone groups is 1. The van der Waals surface area contributed by atoms with Crippen LogP contribution in [0.15, 0.2) is 0 Å². The third kappa shape index (κ3) is 5.34. The van der Waals surface area contributed by atoms with Crippen LogP contribution in [0.4, 0.5) is 0 Å². The van der Waals surface area contributed by atoms with Crippen LogP contribution in [0.25, 0.3) is 0 Å². The molecule has 92 valence electrons. The van der Waals surface area contributed by atoms with Gasteiger partial charge in [0.1, 0.15) is 9.84 Å². The Morgan fingerprint density at radius 1 is 1.07 bits per heavy atom. The van der Waals surface area contributed by atoms with E-state index >= 15 is 0 Å². The predicted molar refractivity (Wildman–Crippen MR) is 70.4 cm³/mol. The molecule has 0 spiro atoms. The Kier molecular flexibility index (Phi) is 7.09. The predicted octanol–water partition coefficient (Wildman–Crippen LogP) is 3.40. The van der Waals surface area contributed by atoms with Gasteiger partial charge in [0, 0.05) is 11.1 Å². The molecule has 0 aliphatic rings. The van der Waals surface area contributed by atoms with Gasteiger partial charge in [0.15, 0.2) is 0 Å². The van der Waals surface area contributed by atoms with Crippen LogP contribution in [-0.2, 0) is 9.84 Å². The maximum absolute atomic E-state index is 11.6. The fraction of sp³-hybridized carbons (Fsp3) is 1.00. The van der Waals surface area contributed by atoms with Crippen molar-refractivity contribution < 1.29 is 8.42 Å². The first-order valence-electron chi connectivity index (χ1n) is 5.71. The van der Waals surface area contributed by atoms with Gasteiger partial charge >= 0.3 is 0 Å². The van der Waals surface area contributed by atoms with Crippen LogP contribution in [0.3, 0.4) is 0 Å². The molecule has 0 rings (SSSR count). The topological polar surface area (TPSA) is 34.1 Å². The van der Waals surface area contributed by atoms with Gasteiger partial charge in [-0.3, -0.25) is 0 Å². The third-order valence-electron chi connectivity index (χ3n) is 3.24. The normalized spacial score (nSPS) is 13.1. The van der Waals surface area contributed by atoms with E-state index in [0.29, 0.717) is 11.5 Å². The van der Waals surface area contributed by atoms with Gasteiger partial charge in [-0.2, -0.15) is 0 Å². The second kappa shape index (κ2) is 6.89. The smallest absolute Gasteiger partial charge is 0.150 e. The van der Waals surface area contributed by atoms with Crippen LogP contribution in [0, 0.1) is 5.41 Å². The lowest BCUT2D eigenvalue weighted by Gasteiger charge is -2.29. The molecule has 0 saturated heterocycles. The van der Waals surface area contributed by atoms with Gasteiger partial charge in [-0.05, 0) is 31.1 Å². The van der Waals surface area contributed by atoms with Gasteiger partial charge in [-0.25, -0.2) is 8.42 Å². The average Bonchev–Trinajstić information content (AvgIpc) is 2.21. The molecule has 0 aliphatic heterocycles. The molecule has 0 radical (unpaired) electrons. The van der Waals surface area contributed by atoms with Gasteiger partial charge in [0.05, 0.1) is 5.75 Å². The molecule has 0 aromatic heterocycles. The second-order valence-electron chi connectivity index (χ2n) is 4.24. The highest BCUT2D eigenvalue weighted by Gasteiger charge is 2.26. The molecule has 0 saturated carbocycles. The summed E-state index contributed by atoms with van der Waals surface area (Å²) in [7, 11) is -2.82. The molecular formula is C11H23BrO2S. The monoisotopic (exact) mass is 298 g/mol.